The Morgan fingerprint density at radius 3 is 2.74 bits per heavy atom. The summed E-state index contributed by atoms with van der Waals surface area (Å²) >= 11 is 0. The summed E-state index contributed by atoms with van der Waals surface area (Å²) in [5.41, 5.74) is 3.38. The summed E-state index contributed by atoms with van der Waals surface area (Å²) in [5, 5.41) is 7.54. The van der Waals surface area contributed by atoms with Gasteiger partial charge in [-0.15, -0.1) is 0 Å². The van der Waals surface area contributed by atoms with Crippen molar-refractivity contribution in [3.8, 4) is 0 Å². The molecular weight excluding hydrogens is 238 g/mol. The molecule has 0 bridgehead atoms. The van der Waals surface area contributed by atoms with Crippen molar-refractivity contribution in [1.82, 2.24) is 19.3 Å². The van der Waals surface area contributed by atoms with Crippen molar-refractivity contribution in [2.24, 2.45) is 14.1 Å². The molecule has 1 aromatic carbocycles. The van der Waals surface area contributed by atoms with Crippen molar-refractivity contribution in [1.29, 1.82) is 0 Å². The van der Waals surface area contributed by atoms with Crippen LogP contribution in [0.1, 0.15) is 5.69 Å². The molecule has 0 fully saturated rings. The molecule has 98 valence electrons. The fourth-order valence-corrected chi connectivity index (χ4v) is 2.25. The van der Waals surface area contributed by atoms with E-state index in [1.165, 1.54) is 5.69 Å². The zero-order valence-corrected chi connectivity index (χ0v) is 11.2. The second-order valence-corrected chi connectivity index (χ2v) is 4.61. The second-order valence-electron chi connectivity index (χ2n) is 4.61. The molecule has 5 heteroatoms. The van der Waals surface area contributed by atoms with Crippen LogP contribution in [0.2, 0.25) is 0 Å². The number of nitrogens with zero attached hydrogens (tertiary/aromatic N) is 4. The summed E-state index contributed by atoms with van der Waals surface area (Å²) in [6.45, 7) is 0.844. The molecule has 0 aliphatic rings. The van der Waals surface area contributed by atoms with Crippen LogP contribution < -0.4 is 5.32 Å². The van der Waals surface area contributed by atoms with Crippen LogP contribution in [-0.2, 0) is 20.5 Å². The van der Waals surface area contributed by atoms with Gasteiger partial charge in [0.1, 0.15) is 0 Å². The predicted octanol–water partition coefficient (Wildman–Crippen LogP) is 1.96. The number of nitrogens with one attached hydrogen (secondary N) is 1. The summed E-state index contributed by atoms with van der Waals surface area (Å²) in [7, 11) is 3.99. The first-order valence-corrected chi connectivity index (χ1v) is 6.38. The van der Waals surface area contributed by atoms with E-state index in [1.807, 2.05) is 49.2 Å². The highest BCUT2D eigenvalue weighted by atomic mass is 15.3. The van der Waals surface area contributed by atoms with Gasteiger partial charge in [0.2, 0.25) is 5.95 Å². The Labute approximate surface area is 111 Å². The fraction of sp³-hybridized carbons (Fsp3) is 0.286. The van der Waals surface area contributed by atoms with Crippen molar-refractivity contribution in [3.63, 3.8) is 0 Å². The number of aryl methyl sites for hydroxylation is 2. The summed E-state index contributed by atoms with van der Waals surface area (Å²) in [4.78, 5) is 4.58. The number of imidazole rings is 1. The molecule has 19 heavy (non-hydrogen) atoms. The molecule has 0 amide bonds. The molecule has 2 aromatic heterocycles. The summed E-state index contributed by atoms with van der Waals surface area (Å²) in [5.74, 6) is 0.906. The highest BCUT2D eigenvalue weighted by Crippen LogP contribution is 2.17. The summed E-state index contributed by atoms with van der Waals surface area (Å²) in [6, 6.07) is 10.2. The normalized spacial score (nSPS) is 11.1. The van der Waals surface area contributed by atoms with Gasteiger partial charge in [0, 0.05) is 39.0 Å². The maximum atomic E-state index is 4.58. The fourth-order valence-electron chi connectivity index (χ4n) is 2.25. The first kappa shape index (κ1) is 11.8. The first-order valence-electron chi connectivity index (χ1n) is 6.38. The van der Waals surface area contributed by atoms with Crippen LogP contribution in [0.5, 0.6) is 0 Å². The monoisotopic (exact) mass is 255 g/mol. The smallest absolute Gasteiger partial charge is 0.203 e. The largest absolute Gasteiger partial charge is 0.355 e. The molecule has 1 N–H and O–H groups in total. The average molecular weight is 255 g/mol. The third-order valence-corrected chi connectivity index (χ3v) is 3.37. The van der Waals surface area contributed by atoms with Gasteiger partial charge in [-0.1, -0.05) is 12.1 Å². The van der Waals surface area contributed by atoms with Gasteiger partial charge in [-0.2, -0.15) is 5.10 Å². The van der Waals surface area contributed by atoms with E-state index in [9.17, 15) is 0 Å². The Balaban J connectivity index is 1.72. The van der Waals surface area contributed by atoms with Gasteiger partial charge in [0.25, 0.3) is 0 Å². The molecule has 0 spiro atoms. The molecule has 2 heterocycles. The maximum Gasteiger partial charge on any atom is 0.203 e. The van der Waals surface area contributed by atoms with E-state index >= 15 is 0 Å². The van der Waals surface area contributed by atoms with Crippen LogP contribution in [0, 0.1) is 0 Å². The van der Waals surface area contributed by atoms with Gasteiger partial charge in [0.15, 0.2) is 0 Å². The van der Waals surface area contributed by atoms with Crippen molar-refractivity contribution in [2.45, 2.75) is 6.42 Å². The van der Waals surface area contributed by atoms with E-state index in [1.54, 1.807) is 0 Å². The van der Waals surface area contributed by atoms with Crippen LogP contribution >= 0.6 is 0 Å². The molecule has 0 unspecified atom stereocenters. The lowest BCUT2D eigenvalue weighted by Gasteiger charge is -2.06. The number of aromatic nitrogens is 4. The van der Waals surface area contributed by atoms with Gasteiger partial charge in [-0.25, -0.2) is 4.98 Å². The van der Waals surface area contributed by atoms with Crippen molar-refractivity contribution < 1.29 is 0 Å². The minimum Gasteiger partial charge on any atom is -0.355 e. The van der Waals surface area contributed by atoms with E-state index < -0.39 is 0 Å². The molecule has 0 aliphatic heterocycles. The molecule has 5 nitrogen and oxygen atoms in total. The number of para-hydroxylation sites is 2. The van der Waals surface area contributed by atoms with Crippen LogP contribution in [-0.4, -0.2) is 25.9 Å². The van der Waals surface area contributed by atoms with Crippen LogP contribution in [0.25, 0.3) is 11.0 Å². The number of hydrogen-bond donors (Lipinski definition) is 1. The minimum atomic E-state index is 0.844. The lowest BCUT2D eigenvalue weighted by molar-refractivity contribution is 0.710. The molecule has 0 saturated heterocycles. The van der Waals surface area contributed by atoms with Gasteiger partial charge in [0.05, 0.1) is 11.0 Å². The number of benzene rings is 1. The van der Waals surface area contributed by atoms with E-state index in [0.29, 0.717) is 0 Å². The third-order valence-electron chi connectivity index (χ3n) is 3.37. The highest BCUT2D eigenvalue weighted by Gasteiger charge is 2.06. The van der Waals surface area contributed by atoms with E-state index in [2.05, 4.69) is 26.0 Å². The van der Waals surface area contributed by atoms with Crippen LogP contribution in [0.3, 0.4) is 0 Å². The van der Waals surface area contributed by atoms with Crippen LogP contribution in [0.15, 0.2) is 36.5 Å². The van der Waals surface area contributed by atoms with Gasteiger partial charge < -0.3 is 9.88 Å². The Morgan fingerprint density at radius 2 is 2.00 bits per heavy atom. The van der Waals surface area contributed by atoms with Crippen LogP contribution in [0.4, 0.5) is 5.95 Å². The summed E-state index contributed by atoms with van der Waals surface area (Å²) in [6.07, 6.45) is 2.75. The maximum absolute atomic E-state index is 4.58. The van der Waals surface area contributed by atoms with Crippen molar-refractivity contribution in [2.75, 3.05) is 11.9 Å². The standard InChI is InChI=1S/C14H17N5/c1-18-13-6-4-3-5-12(13)17-14(18)15-9-7-11-8-10-16-19(11)2/h3-6,8,10H,7,9H2,1-2H3,(H,15,17). The molecule has 0 atom stereocenters. The van der Waals surface area contributed by atoms with Gasteiger partial charge >= 0.3 is 0 Å². The summed E-state index contributed by atoms with van der Waals surface area (Å²) < 4.78 is 3.98. The van der Waals surface area contributed by atoms with E-state index in [4.69, 9.17) is 0 Å². The number of fused-ring (bicyclic) bond motifs is 1. The first-order chi connectivity index (χ1) is 9.25. The topological polar surface area (TPSA) is 47.7 Å². The van der Waals surface area contributed by atoms with Gasteiger partial charge in [-0.3, -0.25) is 4.68 Å². The zero-order chi connectivity index (χ0) is 13.2. The molecule has 3 rings (SSSR count). The predicted molar refractivity (Wildman–Crippen MR) is 76.1 cm³/mol. The number of rotatable bonds is 4. The highest BCUT2D eigenvalue weighted by molar-refractivity contribution is 5.78. The zero-order valence-electron chi connectivity index (χ0n) is 11.2. The Hall–Kier alpha value is -2.30. The second kappa shape index (κ2) is 4.76. The molecule has 0 radical (unpaired) electrons. The molecule has 0 aliphatic carbocycles. The number of anilines is 1. The average Bonchev–Trinajstić information content (AvgIpc) is 2.96. The quantitative estimate of drug-likeness (QED) is 0.775. The van der Waals surface area contributed by atoms with Crippen molar-refractivity contribution in [3.05, 3.63) is 42.2 Å². The van der Waals surface area contributed by atoms with Gasteiger partial charge in [-0.05, 0) is 18.2 Å². The lowest BCUT2D eigenvalue weighted by Crippen LogP contribution is -2.11. The molecular formula is C14H17N5. The van der Waals surface area contributed by atoms with E-state index in [-0.39, 0.29) is 0 Å². The lowest BCUT2D eigenvalue weighted by atomic mass is 10.3. The SMILES string of the molecule is Cn1nccc1CCNc1nc2ccccc2n1C. The third kappa shape index (κ3) is 2.19. The molecule has 0 saturated carbocycles. The van der Waals surface area contributed by atoms with E-state index in [0.717, 1.165) is 29.9 Å². The Bertz CT molecular complexity index is 695. The number of hydrogen-bond acceptors (Lipinski definition) is 3. The van der Waals surface area contributed by atoms with Crippen molar-refractivity contribution >= 4 is 17.0 Å². The Morgan fingerprint density at radius 1 is 1.16 bits per heavy atom. The Kier molecular flexibility index (Phi) is 2.95. The molecule has 3 aromatic rings. The minimum absolute atomic E-state index is 0.844.